The van der Waals surface area contributed by atoms with E-state index in [1.54, 1.807) is 6.20 Å². The molecule has 2 atom stereocenters. The summed E-state index contributed by atoms with van der Waals surface area (Å²) in [5.74, 6) is 1.53. The van der Waals surface area contributed by atoms with Gasteiger partial charge in [-0.05, 0) is 42.1 Å². The molecule has 106 valence electrons. The Bertz CT molecular complexity index is 416. The van der Waals surface area contributed by atoms with Crippen molar-refractivity contribution < 1.29 is 4.74 Å². The van der Waals surface area contributed by atoms with Crippen molar-refractivity contribution in [2.45, 2.75) is 45.3 Å². The molecule has 1 aromatic heterocycles. The minimum Gasteiger partial charge on any atom is -0.378 e. The largest absolute Gasteiger partial charge is 0.378 e. The monoisotopic (exact) mass is 328 g/mol. The summed E-state index contributed by atoms with van der Waals surface area (Å²) in [7, 11) is 0. The maximum atomic E-state index is 5.56. The fourth-order valence-electron chi connectivity index (χ4n) is 2.11. The molecule has 1 aliphatic rings. The van der Waals surface area contributed by atoms with Crippen molar-refractivity contribution in [1.82, 2.24) is 9.97 Å². The van der Waals surface area contributed by atoms with Crippen LogP contribution in [-0.4, -0.2) is 35.3 Å². The van der Waals surface area contributed by atoms with E-state index in [0.717, 1.165) is 42.7 Å². The average molecular weight is 329 g/mol. The van der Waals surface area contributed by atoms with Gasteiger partial charge < -0.3 is 15.4 Å². The lowest BCUT2D eigenvalue weighted by atomic mass is 10.0. The van der Waals surface area contributed by atoms with Crippen LogP contribution in [-0.2, 0) is 4.74 Å². The van der Waals surface area contributed by atoms with Crippen LogP contribution in [0.25, 0.3) is 0 Å². The molecule has 0 amide bonds. The van der Waals surface area contributed by atoms with Gasteiger partial charge in [-0.1, -0.05) is 6.92 Å². The van der Waals surface area contributed by atoms with Gasteiger partial charge in [-0.3, -0.25) is 0 Å². The van der Waals surface area contributed by atoms with E-state index in [1.807, 2.05) is 0 Å². The van der Waals surface area contributed by atoms with Gasteiger partial charge in [0.1, 0.15) is 5.82 Å². The molecule has 2 rings (SSSR count). The number of nitrogens with zero attached hydrogens (tertiary/aromatic N) is 2. The zero-order valence-corrected chi connectivity index (χ0v) is 13.0. The molecule has 0 spiro atoms. The number of anilines is 2. The van der Waals surface area contributed by atoms with E-state index in [9.17, 15) is 0 Å². The topological polar surface area (TPSA) is 59.1 Å². The summed E-state index contributed by atoms with van der Waals surface area (Å²) in [5.41, 5.74) is 0. The molecule has 1 fully saturated rings. The molecule has 6 heteroatoms. The Kier molecular flexibility index (Phi) is 5.39. The van der Waals surface area contributed by atoms with E-state index in [1.165, 1.54) is 0 Å². The van der Waals surface area contributed by atoms with Crippen LogP contribution in [0.15, 0.2) is 10.7 Å². The Morgan fingerprint density at radius 2 is 2.37 bits per heavy atom. The molecule has 5 nitrogen and oxygen atoms in total. The van der Waals surface area contributed by atoms with Crippen LogP contribution >= 0.6 is 15.9 Å². The van der Waals surface area contributed by atoms with Crippen molar-refractivity contribution in [3.8, 4) is 0 Å². The summed E-state index contributed by atoms with van der Waals surface area (Å²) in [6.45, 7) is 5.92. The zero-order valence-electron chi connectivity index (χ0n) is 11.4. The highest BCUT2D eigenvalue weighted by Gasteiger charge is 2.20. The molecule has 2 heterocycles. The van der Waals surface area contributed by atoms with E-state index >= 15 is 0 Å². The highest BCUT2D eigenvalue weighted by atomic mass is 79.9. The van der Waals surface area contributed by atoms with Crippen molar-refractivity contribution in [2.24, 2.45) is 0 Å². The maximum Gasteiger partial charge on any atom is 0.224 e. The third-order valence-electron chi connectivity index (χ3n) is 3.10. The lowest BCUT2D eigenvalue weighted by molar-refractivity contribution is 0.0231. The zero-order chi connectivity index (χ0) is 13.7. The SMILES string of the molecule is CCCNc1ncc(Br)c(NC2CCOC(C)C2)n1. The minimum absolute atomic E-state index is 0.310. The van der Waals surface area contributed by atoms with Crippen molar-refractivity contribution in [1.29, 1.82) is 0 Å². The molecule has 0 radical (unpaired) electrons. The molecule has 0 aliphatic carbocycles. The first-order valence-corrected chi connectivity index (χ1v) is 7.63. The molecule has 2 N–H and O–H groups in total. The molecule has 19 heavy (non-hydrogen) atoms. The minimum atomic E-state index is 0.310. The van der Waals surface area contributed by atoms with Crippen molar-refractivity contribution in [2.75, 3.05) is 23.8 Å². The smallest absolute Gasteiger partial charge is 0.224 e. The highest BCUT2D eigenvalue weighted by Crippen LogP contribution is 2.24. The first kappa shape index (κ1) is 14.5. The third kappa shape index (κ3) is 4.31. The summed E-state index contributed by atoms with van der Waals surface area (Å²) in [6.07, 6.45) is 5.17. The maximum absolute atomic E-state index is 5.56. The van der Waals surface area contributed by atoms with Crippen molar-refractivity contribution >= 4 is 27.7 Å². The van der Waals surface area contributed by atoms with Crippen molar-refractivity contribution in [3.05, 3.63) is 10.7 Å². The lowest BCUT2D eigenvalue weighted by Gasteiger charge is -2.28. The number of nitrogens with one attached hydrogen (secondary N) is 2. The quantitative estimate of drug-likeness (QED) is 0.869. The normalized spacial score (nSPS) is 23.1. The molecule has 1 aliphatic heterocycles. The van der Waals surface area contributed by atoms with E-state index in [0.29, 0.717) is 18.1 Å². The predicted molar refractivity (Wildman–Crippen MR) is 80.6 cm³/mol. The van der Waals surface area contributed by atoms with Gasteiger partial charge in [0.05, 0.1) is 10.6 Å². The Labute approximate surface area is 122 Å². The number of rotatable bonds is 5. The van der Waals surface area contributed by atoms with Gasteiger partial charge in [-0.15, -0.1) is 0 Å². The first-order valence-electron chi connectivity index (χ1n) is 6.83. The van der Waals surface area contributed by atoms with Crippen LogP contribution in [0.3, 0.4) is 0 Å². The van der Waals surface area contributed by atoms with E-state index in [-0.39, 0.29) is 0 Å². The summed E-state index contributed by atoms with van der Waals surface area (Å²) >= 11 is 3.49. The fourth-order valence-corrected chi connectivity index (χ4v) is 2.42. The molecule has 2 unspecified atom stereocenters. The standard InChI is InChI=1S/C13H21BrN4O/c1-3-5-15-13-16-8-11(14)12(18-13)17-10-4-6-19-9(2)7-10/h8-10H,3-7H2,1-2H3,(H2,15,16,17,18). The Hall–Kier alpha value is -0.880. The van der Waals surface area contributed by atoms with Crippen LogP contribution in [0.4, 0.5) is 11.8 Å². The van der Waals surface area contributed by atoms with E-state index in [4.69, 9.17) is 4.74 Å². The Balaban J connectivity index is 2.01. The molecular formula is C13H21BrN4O. The molecule has 0 bridgehead atoms. The van der Waals surface area contributed by atoms with Gasteiger partial charge in [0.25, 0.3) is 0 Å². The lowest BCUT2D eigenvalue weighted by Crippen LogP contribution is -2.33. The fraction of sp³-hybridized carbons (Fsp3) is 0.692. The summed E-state index contributed by atoms with van der Waals surface area (Å²) in [4.78, 5) is 8.76. The predicted octanol–water partition coefficient (Wildman–Crippen LogP) is 3.04. The Morgan fingerprint density at radius 1 is 1.53 bits per heavy atom. The van der Waals surface area contributed by atoms with E-state index < -0.39 is 0 Å². The number of hydrogen-bond donors (Lipinski definition) is 2. The van der Waals surface area contributed by atoms with Gasteiger partial charge in [-0.2, -0.15) is 4.98 Å². The summed E-state index contributed by atoms with van der Waals surface area (Å²) < 4.78 is 6.45. The van der Waals surface area contributed by atoms with Gasteiger partial charge in [0.15, 0.2) is 0 Å². The van der Waals surface area contributed by atoms with Gasteiger partial charge in [0, 0.05) is 25.4 Å². The molecular weight excluding hydrogens is 308 g/mol. The van der Waals surface area contributed by atoms with Crippen LogP contribution in [0.2, 0.25) is 0 Å². The second kappa shape index (κ2) is 7.05. The van der Waals surface area contributed by atoms with Gasteiger partial charge >= 0.3 is 0 Å². The highest BCUT2D eigenvalue weighted by molar-refractivity contribution is 9.10. The van der Waals surface area contributed by atoms with Crippen LogP contribution < -0.4 is 10.6 Å². The van der Waals surface area contributed by atoms with E-state index in [2.05, 4.69) is 50.4 Å². The van der Waals surface area contributed by atoms with Crippen LogP contribution in [0.1, 0.15) is 33.1 Å². The van der Waals surface area contributed by atoms with Gasteiger partial charge in [0.2, 0.25) is 5.95 Å². The molecule has 1 saturated heterocycles. The first-order chi connectivity index (χ1) is 9.19. The average Bonchev–Trinajstić information content (AvgIpc) is 2.40. The summed E-state index contributed by atoms with van der Waals surface area (Å²) in [6, 6.07) is 0.411. The number of aromatic nitrogens is 2. The second-order valence-corrected chi connectivity index (χ2v) is 5.72. The molecule has 1 aromatic rings. The third-order valence-corrected chi connectivity index (χ3v) is 3.68. The van der Waals surface area contributed by atoms with Crippen LogP contribution in [0.5, 0.6) is 0 Å². The second-order valence-electron chi connectivity index (χ2n) is 4.86. The van der Waals surface area contributed by atoms with Gasteiger partial charge in [-0.25, -0.2) is 4.98 Å². The van der Waals surface area contributed by atoms with Crippen molar-refractivity contribution in [3.63, 3.8) is 0 Å². The Morgan fingerprint density at radius 3 is 3.11 bits per heavy atom. The summed E-state index contributed by atoms with van der Waals surface area (Å²) in [5, 5.41) is 6.68. The molecule has 0 saturated carbocycles. The molecule has 0 aromatic carbocycles. The number of hydrogen-bond acceptors (Lipinski definition) is 5. The number of ether oxygens (including phenoxy) is 1. The van der Waals surface area contributed by atoms with Crippen LogP contribution in [0, 0.1) is 0 Å². The number of halogens is 1.